The van der Waals surface area contributed by atoms with E-state index in [4.69, 9.17) is 9.47 Å². The highest BCUT2D eigenvalue weighted by atomic mass is 19.1. The molecular weight excluding hydrogens is 299 g/mol. The standard InChI is InChI=1S/C18H19FO4/c1-13(20)14-6-8-17(9-7-14)23-12-16(21)11-22-10-15-4-2-3-5-18(15)19/h2-9,16,21H,10-12H2,1H3. The molecule has 0 radical (unpaired) electrons. The van der Waals surface area contributed by atoms with Crippen LogP contribution in [-0.2, 0) is 11.3 Å². The van der Waals surface area contributed by atoms with Crippen LogP contribution in [0.15, 0.2) is 48.5 Å². The highest BCUT2D eigenvalue weighted by Crippen LogP contribution is 2.13. The van der Waals surface area contributed by atoms with Gasteiger partial charge in [0.2, 0.25) is 0 Å². The van der Waals surface area contributed by atoms with E-state index < -0.39 is 6.10 Å². The van der Waals surface area contributed by atoms with Crippen LogP contribution < -0.4 is 4.74 Å². The average molecular weight is 318 g/mol. The lowest BCUT2D eigenvalue weighted by molar-refractivity contribution is 0.00476. The van der Waals surface area contributed by atoms with Crippen LogP contribution >= 0.6 is 0 Å². The summed E-state index contributed by atoms with van der Waals surface area (Å²) < 4.78 is 24.1. The third-order valence-corrected chi connectivity index (χ3v) is 3.23. The van der Waals surface area contributed by atoms with Crippen LogP contribution in [0.4, 0.5) is 4.39 Å². The van der Waals surface area contributed by atoms with Crippen LogP contribution in [0.2, 0.25) is 0 Å². The molecule has 0 aliphatic rings. The zero-order chi connectivity index (χ0) is 16.7. The molecule has 23 heavy (non-hydrogen) atoms. The molecule has 0 fully saturated rings. The monoisotopic (exact) mass is 318 g/mol. The highest BCUT2D eigenvalue weighted by molar-refractivity contribution is 5.94. The number of rotatable bonds is 8. The summed E-state index contributed by atoms with van der Waals surface area (Å²) in [6.07, 6.45) is -0.825. The lowest BCUT2D eigenvalue weighted by Crippen LogP contribution is -2.23. The maximum atomic E-state index is 13.4. The summed E-state index contributed by atoms with van der Waals surface area (Å²) in [7, 11) is 0. The van der Waals surface area contributed by atoms with Crippen LogP contribution in [0.1, 0.15) is 22.8 Å². The molecule has 122 valence electrons. The maximum Gasteiger partial charge on any atom is 0.159 e. The second-order valence-electron chi connectivity index (χ2n) is 5.15. The van der Waals surface area contributed by atoms with E-state index in [1.807, 2.05) is 0 Å². The summed E-state index contributed by atoms with van der Waals surface area (Å²) in [5.74, 6) is 0.213. The predicted molar refractivity (Wildman–Crippen MR) is 84.0 cm³/mol. The Hall–Kier alpha value is -2.24. The molecule has 0 heterocycles. The number of hydrogen-bond donors (Lipinski definition) is 1. The van der Waals surface area contributed by atoms with E-state index in [-0.39, 0.29) is 31.4 Å². The molecule has 0 amide bonds. The first-order valence-electron chi connectivity index (χ1n) is 7.29. The Bertz CT molecular complexity index is 640. The summed E-state index contributed by atoms with van der Waals surface area (Å²) in [5, 5.41) is 9.80. The van der Waals surface area contributed by atoms with Crippen LogP contribution in [-0.4, -0.2) is 30.2 Å². The highest BCUT2D eigenvalue weighted by Gasteiger charge is 2.08. The lowest BCUT2D eigenvalue weighted by atomic mass is 10.1. The van der Waals surface area contributed by atoms with Crippen LogP contribution in [0.5, 0.6) is 5.75 Å². The van der Waals surface area contributed by atoms with Crippen molar-refractivity contribution in [2.24, 2.45) is 0 Å². The Kier molecular flexibility index (Phi) is 6.26. The average Bonchev–Trinajstić information content (AvgIpc) is 2.55. The van der Waals surface area contributed by atoms with Crippen molar-refractivity contribution in [2.75, 3.05) is 13.2 Å². The van der Waals surface area contributed by atoms with Crippen molar-refractivity contribution >= 4 is 5.78 Å². The molecule has 0 saturated carbocycles. The Morgan fingerprint density at radius 3 is 2.48 bits per heavy atom. The summed E-state index contributed by atoms with van der Waals surface area (Å²) in [6, 6.07) is 13.0. The van der Waals surface area contributed by atoms with Crippen molar-refractivity contribution in [1.29, 1.82) is 0 Å². The minimum absolute atomic E-state index is 0.0156. The fourth-order valence-corrected chi connectivity index (χ4v) is 1.95. The molecule has 1 unspecified atom stereocenters. The largest absolute Gasteiger partial charge is 0.491 e. The van der Waals surface area contributed by atoms with Crippen molar-refractivity contribution < 1.29 is 23.8 Å². The van der Waals surface area contributed by atoms with Crippen LogP contribution in [0.25, 0.3) is 0 Å². The van der Waals surface area contributed by atoms with Gasteiger partial charge in [-0.2, -0.15) is 0 Å². The molecule has 1 atom stereocenters. The van der Waals surface area contributed by atoms with Gasteiger partial charge in [-0.25, -0.2) is 4.39 Å². The molecule has 2 aromatic rings. The van der Waals surface area contributed by atoms with Gasteiger partial charge in [-0.05, 0) is 37.3 Å². The number of hydrogen-bond acceptors (Lipinski definition) is 4. The number of benzene rings is 2. The number of carbonyl (C=O) groups excluding carboxylic acids is 1. The van der Waals surface area contributed by atoms with Crippen molar-refractivity contribution in [3.8, 4) is 5.75 Å². The molecule has 0 aliphatic heterocycles. The molecule has 0 saturated heterocycles. The minimum Gasteiger partial charge on any atom is -0.491 e. The van der Waals surface area contributed by atoms with Gasteiger partial charge in [0.1, 0.15) is 24.3 Å². The van der Waals surface area contributed by atoms with E-state index in [1.165, 1.54) is 13.0 Å². The third kappa shape index (κ3) is 5.47. The molecule has 1 N–H and O–H groups in total. The van der Waals surface area contributed by atoms with E-state index >= 15 is 0 Å². The fourth-order valence-electron chi connectivity index (χ4n) is 1.95. The topological polar surface area (TPSA) is 55.8 Å². The van der Waals surface area contributed by atoms with E-state index in [0.717, 1.165) is 0 Å². The Labute approximate surface area is 134 Å². The Morgan fingerprint density at radius 2 is 1.83 bits per heavy atom. The molecule has 0 spiro atoms. The first kappa shape index (κ1) is 17.1. The van der Waals surface area contributed by atoms with Crippen molar-refractivity contribution in [3.05, 3.63) is 65.5 Å². The van der Waals surface area contributed by atoms with E-state index in [9.17, 15) is 14.3 Å². The van der Waals surface area contributed by atoms with E-state index in [2.05, 4.69) is 0 Å². The third-order valence-electron chi connectivity index (χ3n) is 3.23. The number of Topliss-reactive ketones (excluding diaryl/α,β-unsaturated/α-hetero) is 1. The van der Waals surface area contributed by atoms with Crippen molar-refractivity contribution in [1.82, 2.24) is 0 Å². The molecule has 0 aromatic heterocycles. The predicted octanol–water partition coefficient (Wildman–Crippen LogP) is 2.98. The van der Waals surface area contributed by atoms with Gasteiger partial charge in [0.05, 0.1) is 13.2 Å². The normalized spacial score (nSPS) is 12.0. The van der Waals surface area contributed by atoms with Gasteiger partial charge in [-0.3, -0.25) is 4.79 Å². The maximum absolute atomic E-state index is 13.4. The first-order chi connectivity index (χ1) is 11.1. The zero-order valence-electron chi connectivity index (χ0n) is 12.9. The van der Waals surface area contributed by atoms with Gasteiger partial charge >= 0.3 is 0 Å². The second kappa shape index (κ2) is 8.41. The summed E-state index contributed by atoms with van der Waals surface area (Å²) >= 11 is 0. The van der Waals surface area contributed by atoms with E-state index in [1.54, 1.807) is 42.5 Å². The molecule has 2 rings (SSSR count). The SMILES string of the molecule is CC(=O)c1ccc(OCC(O)COCc2ccccc2F)cc1. The quantitative estimate of drug-likeness (QED) is 0.760. The second-order valence-corrected chi connectivity index (χ2v) is 5.15. The zero-order valence-corrected chi connectivity index (χ0v) is 12.9. The van der Waals surface area contributed by atoms with Gasteiger partial charge in [0, 0.05) is 11.1 Å². The number of halogens is 1. The number of ether oxygens (including phenoxy) is 2. The van der Waals surface area contributed by atoms with Gasteiger partial charge < -0.3 is 14.6 Å². The fraction of sp³-hybridized carbons (Fsp3) is 0.278. The number of ketones is 1. The smallest absolute Gasteiger partial charge is 0.159 e. The number of aliphatic hydroxyl groups is 1. The molecule has 4 nitrogen and oxygen atoms in total. The molecule has 2 aromatic carbocycles. The number of carbonyl (C=O) groups is 1. The summed E-state index contributed by atoms with van der Waals surface area (Å²) in [5.41, 5.74) is 1.05. The minimum atomic E-state index is -0.825. The molecule has 0 bridgehead atoms. The van der Waals surface area contributed by atoms with Crippen molar-refractivity contribution in [2.45, 2.75) is 19.6 Å². The van der Waals surface area contributed by atoms with Gasteiger partial charge in [-0.1, -0.05) is 18.2 Å². The summed E-state index contributed by atoms with van der Waals surface area (Å²) in [4.78, 5) is 11.2. The van der Waals surface area contributed by atoms with Crippen molar-refractivity contribution in [3.63, 3.8) is 0 Å². The Morgan fingerprint density at radius 1 is 1.13 bits per heavy atom. The Balaban J connectivity index is 1.71. The molecule has 0 aliphatic carbocycles. The summed E-state index contributed by atoms with van der Waals surface area (Å²) in [6.45, 7) is 1.68. The number of aliphatic hydroxyl groups excluding tert-OH is 1. The van der Waals surface area contributed by atoms with Crippen LogP contribution in [0.3, 0.4) is 0 Å². The molecule has 5 heteroatoms. The van der Waals surface area contributed by atoms with Gasteiger partial charge in [0.15, 0.2) is 5.78 Å². The lowest BCUT2D eigenvalue weighted by Gasteiger charge is -2.13. The van der Waals surface area contributed by atoms with E-state index in [0.29, 0.717) is 16.9 Å². The molecular formula is C18H19FO4. The van der Waals surface area contributed by atoms with Gasteiger partial charge in [0.25, 0.3) is 0 Å². The first-order valence-corrected chi connectivity index (χ1v) is 7.29. The van der Waals surface area contributed by atoms with Gasteiger partial charge in [-0.15, -0.1) is 0 Å². The van der Waals surface area contributed by atoms with Crippen LogP contribution in [0, 0.1) is 5.82 Å².